The Balaban J connectivity index is 1.62. The Hall–Kier alpha value is -3.21. The molecule has 5 heteroatoms. The molecule has 0 unspecified atom stereocenters. The summed E-state index contributed by atoms with van der Waals surface area (Å²) in [5.74, 6) is -0.162. The maximum Gasteiger partial charge on any atom is 0.243 e. The molecule has 24 heavy (non-hydrogen) atoms. The van der Waals surface area contributed by atoms with Gasteiger partial charge < -0.3 is 10.6 Å². The molecule has 0 saturated carbocycles. The van der Waals surface area contributed by atoms with Crippen molar-refractivity contribution in [3.05, 3.63) is 66.5 Å². The van der Waals surface area contributed by atoms with Gasteiger partial charge in [0.1, 0.15) is 0 Å². The number of aromatic nitrogens is 1. The predicted molar refractivity (Wildman–Crippen MR) is 95.3 cm³/mol. The van der Waals surface area contributed by atoms with Crippen LogP contribution in [0.25, 0.3) is 10.8 Å². The van der Waals surface area contributed by atoms with Gasteiger partial charge in [0.15, 0.2) is 5.78 Å². The van der Waals surface area contributed by atoms with Crippen LogP contribution >= 0.6 is 0 Å². The number of nitrogens with zero attached hydrogens (tertiary/aromatic N) is 1. The average molecular weight is 319 g/mol. The van der Waals surface area contributed by atoms with E-state index in [2.05, 4.69) is 15.6 Å². The molecule has 1 heterocycles. The van der Waals surface area contributed by atoms with Crippen molar-refractivity contribution in [1.82, 2.24) is 4.98 Å². The molecule has 120 valence electrons. The summed E-state index contributed by atoms with van der Waals surface area (Å²) < 4.78 is 0. The molecule has 1 amide bonds. The van der Waals surface area contributed by atoms with Crippen LogP contribution in [0.4, 0.5) is 11.4 Å². The number of fused-ring (bicyclic) bond motifs is 1. The molecular formula is C19H17N3O2. The summed E-state index contributed by atoms with van der Waals surface area (Å²) >= 11 is 0. The number of rotatable bonds is 5. The molecule has 0 aliphatic carbocycles. The highest BCUT2D eigenvalue weighted by atomic mass is 16.2. The molecule has 5 nitrogen and oxygen atoms in total. The number of hydrogen-bond donors (Lipinski definition) is 2. The van der Waals surface area contributed by atoms with Gasteiger partial charge in [-0.15, -0.1) is 0 Å². The van der Waals surface area contributed by atoms with Crippen molar-refractivity contribution in [3.8, 4) is 0 Å². The Morgan fingerprint density at radius 2 is 1.88 bits per heavy atom. The summed E-state index contributed by atoms with van der Waals surface area (Å²) in [6.45, 7) is 1.64. The van der Waals surface area contributed by atoms with Crippen molar-refractivity contribution in [2.24, 2.45) is 0 Å². The fourth-order valence-electron chi connectivity index (χ4n) is 2.40. The van der Waals surface area contributed by atoms with E-state index in [1.54, 1.807) is 30.6 Å². The lowest BCUT2D eigenvalue weighted by atomic mass is 10.1. The first-order valence-electron chi connectivity index (χ1n) is 7.60. The van der Waals surface area contributed by atoms with Gasteiger partial charge in [-0.25, -0.2) is 0 Å². The van der Waals surface area contributed by atoms with Gasteiger partial charge in [0.2, 0.25) is 5.91 Å². The smallest absolute Gasteiger partial charge is 0.243 e. The van der Waals surface area contributed by atoms with Crippen LogP contribution in [0.3, 0.4) is 0 Å². The maximum atomic E-state index is 12.1. The van der Waals surface area contributed by atoms with Crippen LogP contribution in [0.15, 0.2) is 60.9 Å². The molecule has 0 bridgehead atoms. The highest BCUT2D eigenvalue weighted by Crippen LogP contribution is 2.18. The standard InChI is InChI=1S/C19H17N3O2/c1-13(23)14-3-2-4-17(9-14)21-12-19(24)22-18-6-5-16-11-20-8-7-15(16)10-18/h2-11,21H,12H2,1H3,(H,22,24). The number of benzene rings is 2. The first-order chi connectivity index (χ1) is 11.6. The topological polar surface area (TPSA) is 71.1 Å². The van der Waals surface area contributed by atoms with Gasteiger partial charge in [-0.3, -0.25) is 14.6 Å². The summed E-state index contributed by atoms with van der Waals surface area (Å²) in [5, 5.41) is 7.92. The van der Waals surface area contributed by atoms with Crippen molar-refractivity contribution in [2.45, 2.75) is 6.92 Å². The normalized spacial score (nSPS) is 10.4. The summed E-state index contributed by atoms with van der Waals surface area (Å²) in [6.07, 6.45) is 3.50. The third-order valence-corrected chi connectivity index (χ3v) is 3.65. The molecule has 2 N–H and O–H groups in total. The third-order valence-electron chi connectivity index (χ3n) is 3.65. The van der Waals surface area contributed by atoms with Gasteiger partial charge in [0, 0.05) is 34.7 Å². The molecule has 0 atom stereocenters. The van der Waals surface area contributed by atoms with Crippen LogP contribution in [-0.2, 0) is 4.79 Å². The number of ketones is 1. The minimum atomic E-state index is -0.156. The van der Waals surface area contributed by atoms with Crippen molar-refractivity contribution in [2.75, 3.05) is 17.2 Å². The van der Waals surface area contributed by atoms with E-state index in [0.717, 1.165) is 22.1 Å². The molecule has 0 aliphatic rings. The Morgan fingerprint density at radius 1 is 1.00 bits per heavy atom. The zero-order valence-corrected chi connectivity index (χ0v) is 13.2. The number of anilines is 2. The molecule has 0 radical (unpaired) electrons. The Morgan fingerprint density at radius 3 is 2.71 bits per heavy atom. The number of nitrogens with one attached hydrogen (secondary N) is 2. The average Bonchev–Trinajstić information content (AvgIpc) is 2.60. The molecule has 1 aromatic heterocycles. The lowest BCUT2D eigenvalue weighted by molar-refractivity contribution is -0.114. The van der Waals surface area contributed by atoms with E-state index < -0.39 is 0 Å². The zero-order chi connectivity index (χ0) is 16.9. The van der Waals surface area contributed by atoms with E-state index in [-0.39, 0.29) is 18.2 Å². The minimum absolute atomic E-state index is 0.00578. The summed E-state index contributed by atoms with van der Waals surface area (Å²) in [4.78, 5) is 27.5. The molecule has 0 saturated heterocycles. The molecular weight excluding hydrogens is 302 g/mol. The number of amides is 1. The quantitative estimate of drug-likeness (QED) is 0.706. The lowest BCUT2D eigenvalue weighted by Gasteiger charge is -2.09. The Labute approximate surface area is 139 Å². The Bertz CT molecular complexity index is 906. The summed E-state index contributed by atoms with van der Waals surface area (Å²) in [6, 6.07) is 14.7. The van der Waals surface area contributed by atoms with Gasteiger partial charge in [-0.1, -0.05) is 18.2 Å². The second-order valence-electron chi connectivity index (χ2n) is 5.48. The molecule has 2 aromatic carbocycles. The van der Waals surface area contributed by atoms with E-state index in [0.29, 0.717) is 5.56 Å². The van der Waals surface area contributed by atoms with Gasteiger partial charge in [-0.2, -0.15) is 0 Å². The third kappa shape index (κ3) is 3.76. The molecule has 0 spiro atoms. The van der Waals surface area contributed by atoms with Crippen LogP contribution in [0, 0.1) is 0 Å². The van der Waals surface area contributed by atoms with Crippen LogP contribution < -0.4 is 10.6 Å². The Kier molecular flexibility index (Phi) is 4.52. The van der Waals surface area contributed by atoms with Crippen molar-refractivity contribution in [3.63, 3.8) is 0 Å². The largest absolute Gasteiger partial charge is 0.376 e. The second kappa shape index (κ2) is 6.91. The second-order valence-corrected chi connectivity index (χ2v) is 5.48. The lowest BCUT2D eigenvalue weighted by Crippen LogP contribution is -2.21. The van der Waals surface area contributed by atoms with Crippen LogP contribution in [0.1, 0.15) is 17.3 Å². The monoisotopic (exact) mass is 319 g/mol. The van der Waals surface area contributed by atoms with Crippen LogP contribution in [-0.4, -0.2) is 23.2 Å². The van der Waals surface area contributed by atoms with Crippen molar-refractivity contribution in [1.29, 1.82) is 0 Å². The van der Waals surface area contributed by atoms with Crippen LogP contribution in [0.2, 0.25) is 0 Å². The van der Waals surface area contributed by atoms with Crippen LogP contribution in [0.5, 0.6) is 0 Å². The first kappa shape index (κ1) is 15.7. The minimum Gasteiger partial charge on any atom is -0.376 e. The summed E-state index contributed by atoms with van der Waals surface area (Å²) in [7, 11) is 0. The summed E-state index contributed by atoms with van der Waals surface area (Å²) in [5.41, 5.74) is 2.09. The first-order valence-corrected chi connectivity index (χ1v) is 7.60. The van der Waals surface area contributed by atoms with E-state index in [4.69, 9.17) is 0 Å². The van der Waals surface area contributed by atoms with Crippen molar-refractivity contribution >= 4 is 33.8 Å². The number of carbonyl (C=O) groups is 2. The van der Waals surface area contributed by atoms with Gasteiger partial charge in [0.05, 0.1) is 6.54 Å². The van der Waals surface area contributed by atoms with E-state index >= 15 is 0 Å². The molecule has 3 aromatic rings. The van der Waals surface area contributed by atoms with E-state index in [1.165, 1.54) is 6.92 Å². The molecule has 0 fully saturated rings. The van der Waals surface area contributed by atoms with Gasteiger partial charge >= 0.3 is 0 Å². The maximum absolute atomic E-state index is 12.1. The van der Waals surface area contributed by atoms with Gasteiger partial charge in [0.25, 0.3) is 0 Å². The fraction of sp³-hybridized carbons (Fsp3) is 0.105. The highest BCUT2D eigenvalue weighted by molar-refractivity contribution is 5.97. The predicted octanol–water partition coefficient (Wildman–Crippen LogP) is 3.49. The van der Waals surface area contributed by atoms with Crippen molar-refractivity contribution < 1.29 is 9.59 Å². The fourth-order valence-corrected chi connectivity index (χ4v) is 2.40. The zero-order valence-electron chi connectivity index (χ0n) is 13.2. The van der Waals surface area contributed by atoms with E-state index in [9.17, 15) is 9.59 Å². The number of pyridine rings is 1. The number of Topliss-reactive ketones (excluding diaryl/α,β-unsaturated/α-hetero) is 1. The van der Waals surface area contributed by atoms with Gasteiger partial charge in [-0.05, 0) is 42.6 Å². The number of carbonyl (C=O) groups excluding carboxylic acids is 2. The highest BCUT2D eigenvalue weighted by Gasteiger charge is 2.05. The SMILES string of the molecule is CC(=O)c1cccc(NCC(=O)Nc2ccc3cnccc3c2)c1. The molecule has 0 aliphatic heterocycles. The van der Waals surface area contributed by atoms with E-state index in [1.807, 2.05) is 30.3 Å². The molecule has 3 rings (SSSR count). The number of hydrogen-bond acceptors (Lipinski definition) is 4.